The van der Waals surface area contributed by atoms with Crippen molar-refractivity contribution in [3.63, 3.8) is 0 Å². The molecule has 1 amide bonds. The van der Waals surface area contributed by atoms with Crippen LogP contribution in [0.3, 0.4) is 0 Å². The van der Waals surface area contributed by atoms with Crippen LogP contribution in [0.5, 0.6) is 0 Å². The van der Waals surface area contributed by atoms with Crippen LogP contribution in [-0.2, 0) is 4.74 Å². The minimum atomic E-state index is -2.36. The maximum Gasteiger partial charge on any atom is 0.472 e. The molecule has 0 bridgehead atoms. The average Bonchev–Trinajstić information content (AvgIpc) is 2.61. The molecule has 1 aromatic rings. The highest BCUT2D eigenvalue weighted by Gasteiger charge is 2.56. The molecule has 0 atom stereocenters. The molecule has 0 aromatic heterocycles. The van der Waals surface area contributed by atoms with Crippen molar-refractivity contribution in [1.82, 2.24) is 10.2 Å². The van der Waals surface area contributed by atoms with Crippen LogP contribution >= 0.6 is 0 Å². The van der Waals surface area contributed by atoms with E-state index >= 15 is 0 Å². The SMILES string of the molecule is O=C(NCCC(CN1CCOCC1)([N+](=O)[O-])[N+](=O)[O-])c1ccccc1. The molecule has 10 nitrogen and oxygen atoms in total. The first-order chi connectivity index (χ1) is 12.0. The predicted octanol–water partition coefficient (Wildman–Crippen LogP) is 0.388. The Balaban J connectivity index is 2.01. The van der Waals surface area contributed by atoms with Gasteiger partial charge in [0, 0.05) is 25.2 Å². The number of benzene rings is 1. The lowest BCUT2D eigenvalue weighted by molar-refractivity contribution is -0.796. The van der Waals surface area contributed by atoms with Gasteiger partial charge in [-0.25, -0.2) is 0 Å². The molecule has 25 heavy (non-hydrogen) atoms. The lowest BCUT2D eigenvalue weighted by Gasteiger charge is -2.29. The number of hydrogen-bond donors (Lipinski definition) is 1. The monoisotopic (exact) mass is 352 g/mol. The molecular weight excluding hydrogens is 332 g/mol. The van der Waals surface area contributed by atoms with Crippen molar-refractivity contribution in [2.45, 2.75) is 12.1 Å². The molecule has 1 saturated heterocycles. The number of morpholine rings is 1. The maximum atomic E-state index is 12.0. The van der Waals surface area contributed by atoms with Gasteiger partial charge in [0.25, 0.3) is 5.91 Å². The van der Waals surface area contributed by atoms with Gasteiger partial charge in [-0.3, -0.25) is 29.9 Å². The Bertz CT molecular complexity index is 604. The third-order valence-electron chi connectivity index (χ3n) is 4.11. The average molecular weight is 352 g/mol. The molecule has 136 valence electrons. The summed E-state index contributed by atoms with van der Waals surface area (Å²) >= 11 is 0. The third-order valence-corrected chi connectivity index (χ3v) is 4.11. The normalized spacial score (nSPS) is 15.5. The lowest BCUT2D eigenvalue weighted by Crippen LogP contribution is -2.57. The Kier molecular flexibility index (Phi) is 6.37. The van der Waals surface area contributed by atoms with Crippen molar-refractivity contribution in [3.05, 3.63) is 56.1 Å². The largest absolute Gasteiger partial charge is 0.472 e. The van der Waals surface area contributed by atoms with Crippen molar-refractivity contribution in [2.24, 2.45) is 0 Å². The van der Waals surface area contributed by atoms with Gasteiger partial charge >= 0.3 is 5.66 Å². The Labute approximate surface area is 144 Å². The van der Waals surface area contributed by atoms with Crippen LogP contribution in [0.25, 0.3) is 0 Å². The molecule has 1 fully saturated rings. The van der Waals surface area contributed by atoms with Crippen LogP contribution in [0.4, 0.5) is 0 Å². The fraction of sp³-hybridized carbons (Fsp3) is 0.533. The minimum Gasteiger partial charge on any atom is -0.379 e. The predicted molar refractivity (Wildman–Crippen MR) is 87.4 cm³/mol. The third kappa shape index (κ3) is 4.70. The van der Waals surface area contributed by atoms with Gasteiger partial charge in [0.05, 0.1) is 23.1 Å². The Morgan fingerprint density at radius 3 is 2.32 bits per heavy atom. The number of nitro groups is 2. The highest BCUT2D eigenvalue weighted by molar-refractivity contribution is 5.94. The number of nitrogens with zero attached hydrogens (tertiary/aromatic N) is 3. The van der Waals surface area contributed by atoms with Crippen molar-refractivity contribution in [1.29, 1.82) is 0 Å². The molecule has 0 spiro atoms. The van der Waals surface area contributed by atoms with Crippen LogP contribution in [0.1, 0.15) is 16.8 Å². The first-order valence-corrected chi connectivity index (χ1v) is 7.88. The Hall–Kier alpha value is -2.59. The van der Waals surface area contributed by atoms with Crippen LogP contribution < -0.4 is 5.32 Å². The van der Waals surface area contributed by atoms with E-state index in [2.05, 4.69) is 5.32 Å². The number of hydrogen-bond acceptors (Lipinski definition) is 7. The Morgan fingerprint density at radius 2 is 1.76 bits per heavy atom. The molecule has 0 aliphatic carbocycles. The Morgan fingerprint density at radius 1 is 1.16 bits per heavy atom. The van der Waals surface area contributed by atoms with Gasteiger partial charge in [0.1, 0.15) is 13.0 Å². The zero-order valence-electron chi connectivity index (χ0n) is 13.6. The second-order valence-electron chi connectivity index (χ2n) is 5.76. The molecule has 1 aromatic carbocycles. The summed E-state index contributed by atoms with van der Waals surface area (Å²) in [5.41, 5.74) is -1.97. The molecule has 1 N–H and O–H groups in total. The molecule has 10 heteroatoms. The number of carbonyl (C=O) groups is 1. The van der Waals surface area contributed by atoms with Crippen LogP contribution in [0, 0.1) is 20.2 Å². The molecule has 1 aliphatic rings. The van der Waals surface area contributed by atoms with E-state index in [1.165, 1.54) is 0 Å². The highest BCUT2D eigenvalue weighted by Crippen LogP contribution is 2.19. The van der Waals surface area contributed by atoms with Crippen LogP contribution in [0.15, 0.2) is 30.3 Å². The minimum absolute atomic E-state index is 0.167. The van der Waals surface area contributed by atoms with Crippen LogP contribution in [-0.4, -0.2) is 65.7 Å². The summed E-state index contributed by atoms with van der Waals surface area (Å²) in [6.07, 6.45) is -0.400. The second-order valence-corrected chi connectivity index (χ2v) is 5.76. The van der Waals surface area contributed by atoms with E-state index in [0.29, 0.717) is 31.9 Å². The fourth-order valence-corrected chi connectivity index (χ4v) is 2.63. The van der Waals surface area contributed by atoms with Gasteiger partial charge in [-0.15, -0.1) is 0 Å². The number of rotatable bonds is 8. The van der Waals surface area contributed by atoms with E-state index in [1.807, 2.05) is 0 Å². The first kappa shape index (κ1) is 18.7. The summed E-state index contributed by atoms with van der Waals surface area (Å²) in [4.78, 5) is 34.9. The number of amides is 1. The standard InChI is InChI=1S/C15H20N4O6/c20-14(13-4-2-1-3-5-13)16-7-6-15(18(21)22,19(23)24)12-17-8-10-25-11-9-17/h1-5H,6-12H2,(H,16,20). The topological polar surface area (TPSA) is 128 Å². The summed E-state index contributed by atoms with van der Waals surface area (Å²) in [6, 6.07) is 8.32. The maximum absolute atomic E-state index is 12.0. The highest BCUT2D eigenvalue weighted by atomic mass is 16.7. The zero-order valence-corrected chi connectivity index (χ0v) is 13.6. The summed E-state index contributed by atoms with van der Waals surface area (Å²) in [7, 11) is 0. The van der Waals surface area contributed by atoms with E-state index in [0.717, 1.165) is 0 Å². The lowest BCUT2D eigenvalue weighted by atomic mass is 10.1. The van der Waals surface area contributed by atoms with E-state index in [9.17, 15) is 25.0 Å². The fourth-order valence-electron chi connectivity index (χ4n) is 2.63. The molecule has 0 saturated carbocycles. The molecule has 0 unspecified atom stereocenters. The van der Waals surface area contributed by atoms with E-state index in [-0.39, 0.29) is 13.1 Å². The van der Waals surface area contributed by atoms with E-state index in [1.54, 1.807) is 35.2 Å². The van der Waals surface area contributed by atoms with Gasteiger partial charge in [-0.1, -0.05) is 18.2 Å². The van der Waals surface area contributed by atoms with Gasteiger partial charge in [0.15, 0.2) is 0 Å². The summed E-state index contributed by atoms with van der Waals surface area (Å²) in [5, 5.41) is 25.5. The van der Waals surface area contributed by atoms with Crippen LogP contribution in [0.2, 0.25) is 0 Å². The molecule has 1 aliphatic heterocycles. The van der Waals surface area contributed by atoms with Crippen molar-refractivity contribution < 1.29 is 19.4 Å². The number of nitrogens with one attached hydrogen (secondary N) is 1. The van der Waals surface area contributed by atoms with Gasteiger partial charge in [-0.05, 0) is 12.1 Å². The first-order valence-electron chi connectivity index (χ1n) is 7.88. The molecule has 1 heterocycles. The molecular formula is C15H20N4O6. The molecule has 0 radical (unpaired) electrons. The van der Waals surface area contributed by atoms with Crippen molar-refractivity contribution in [2.75, 3.05) is 39.4 Å². The van der Waals surface area contributed by atoms with Gasteiger partial charge in [0.2, 0.25) is 0 Å². The summed E-state index contributed by atoms with van der Waals surface area (Å²) in [5.74, 6) is -0.424. The second kappa shape index (κ2) is 8.49. The summed E-state index contributed by atoms with van der Waals surface area (Å²) in [6.45, 7) is 1.09. The molecule has 2 rings (SSSR count). The van der Waals surface area contributed by atoms with Gasteiger partial charge in [-0.2, -0.15) is 0 Å². The van der Waals surface area contributed by atoms with Crippen molar-refractivity contribution >= 4 is 5.91 Å². The number of ether oxygens (including phenoxy) is 1. The van der Waals surface area contributed by atoms with E-state index < -0.39 is 27.8 Å². The number of carbonyl (C=O) groups excluding carboxylic acids is 1. The van der Waals surface area contributed by atoms with E-state index in [4.69, 9.17) is 4.74 Å². The van der Waals surface area contributed by atoms with Gasteiger partial charge < -0.3 is 10.1 Å². The summed E-state index contributed by atoms with van der Waals surface area (Å²) < 4.78 is 5.16. The quantitative estimate of drug-likeness (QED) is 0.407. The van der Waals surface area contributed by atoms with Crippen molar-refractivity contribution in [3.8, 4) is 0 Å². The zero-order chi connectivity index (χ0) is 18.3. The smallest absolute Gasteiger partial charge is 0.379 e.